The van der Waals surface area contributed by atoms with Crippen LogP contribution in [0.3, 0.4) is 0 Å². The van der Waals surface area contributed by atoms with Gasteiger partial charge in [0.15, 0.2) is 0 Å². The van der Waals surface area contributed by atoms with E-state index in [0.717, 1.165) is 17.5 Å². The van der Waals surface area contributed by atoms with Crippen molar-refractivity contribution in [3.05, 3.63) is 69.2 Å². The number of rotatable bonds is 4. The average Bonchev–Trinajstić information content (AvgIpc) is 2.48. The molecule has 0 heterocycles. The predicted molar refractivity (Wildman–Crippen MR) is 89.3 cm³/mol. The van der Waals surface area contributed by atoms with Gasteiger partial charge in [-0.15, -0.1) is 11.6 Å². The van der Waals surface area contributed by atoms with E-state index in [2.05, 4.69) is 38.1 Å². The third-order valence-electron chi connectivity index (χ3n) is 3.65. The zero-order valence-electron chi connectivity index (χ0n) is 11.5. The molecule has 0 radical (unpaired) electrons. The number of halogens is 3. The van der Waals surface area contributed by atoms with E-state index in [4.69, 9.17) is 34.8 Å². The van der Waals surface area contributed by atoms with Crippen LogP contribution in [0.2, 0.25) is 10.0 Å². The van der Waals surface area contributed by atoms with Crippen molar-refractivity contribution in [1.82, 2.24) is 0 Å². The summed E-state index contributed by atoms with van der Waals surface area (Å²) in [5.41, 5.74) is 3.36. The first-order valence-corrected chi connectivity index (χ1v) is 7.91. The molecule has 0 spiro atoms. The number of hydrogen-bond donors (Lipinski definition) is 0. The average molecular weight is 328 g/mol. The van der Waals surface area contributed by atoms with Crippen molar-refractivity contribution in [3.63, 3.8) is 0 Å². The maximum absolute atomic E-state index is 6.52. The molecule has 2 atom stereocenters. The Morgan fingerprint density at radius 2 is 1.40 bits per heavy atom. The molecular weight excluding hydrogens is 311 g/mol. The first-order valence-electron chi connectivity index (χ1n) is 6.71. The number of alkyl halides is 1. The Balaban J connectivity index is 2.24. The maximum atomic E-state index is 6.52. The van der Waals surface area contributed by atoms with Crippen LogP contribution < -0.4 is 0 Å². The molecule has 0 nitrogen and oxygen atoms in total. The fourth-order valence-electron chi connectivity index (χ4n) is 2.09. The summed E-state index contributed by atoms with van der Waals surface area (Å²) in [7, 11) is 0. The highest BCUT2D eigenvalue weighted by molar-refractivity contribution is 6.42. The predicted octanol–water partition coefficient (Wildman–Crippen LogP) is 6.84. The Hall–Kier alpha value is -0.690. The Kier molecular flexibility index (Phi) is 5.37. The highest BCUT2D eigenvalue weighted by atomic mass is 35.5. The van der Waals surface area contributed by atoms with Gasteiger partial charge in [-0.05, 0) is 41.2 Å². The van der Waals surface area contributed by atoms with Crippen molar-refractivity contribution in [2.45, 2.75) is 31.6 Å². The second-order valence-electron chi connectivity index (χ2n) is 5.01. The Labute approximate surface area is 135 Å². The summed E-state index contributed by atoms with van der Waals surface area (Å²) in [6.45, 7) is 4.42. The first kappa shape index (κ1) is 15.7. The molecule has 2 aromatic carbocycles. The van der Waals surface area contributed by atoms with Gasteiger partial charge >= 0.3 is 0 Å². The van der Waals surface area contributed by atoms with Gasteiger partial charge < -0.3 is 0 Å². The van der Waals surface area contributed by atoms with Crippen molar-refractivity contribution in [1.29, 1.82) is 0 Å². The van der Waals surface area contributed by atoms with E-state index in [-0.39, 0.29) is 5.38 Å². The van der Waals surface area contributed by atoms with E-state index in [9.17, 15) is 0 Å². The summed E-state index contributed by atoms with van der Waals surface area (Å²) < 4.78 is 0. The monoisotopic (exact) mass is 326 g/mol. The van der Waals surface area contributed by atoms with Crippen molar-refractivity contribution in [3.8, 4) is 0 Å². The minimum atomic E-state index is -0.212. The molecule has 0 aliphatic heterocycles. The molecule has 0 amide bonds. The van der Waals surface area contributed by atoms with Gasteiger partial charge in [-0.3, -0.25) is 0 Å². The summed E-state index contributed by atoms with van der Waals surface area (Å²) in [5, 5.41) is 0.869. The van der Waals surface area contributed by atoms with Crippen molar-refractivity contribution in [2.75, 3.05) is 0 Å². The Bertz CT molecular complexity index is 575. The fourth-order valence-corrected chi connectivity index (χ4v) is 2.68. The number of hydrogen-bond acceptors (Lipinski definition) is 0. The summed E-state index contributed by atoms with van der Waals surface area (Å²) in [6.07, 6.45) is 1.14. The van der Waals surface area contributed by atoms with Crippen LogP contribution in [0.15, 0.2) is 42.5 Å². The van der Waals surface area contributed by atoms with Gasteiger partial charge in [0.05, 0.1) is 15.4 Å². The molecule has 2 unspecified atom stereocenters. The van der Waals surface area contributed by atoms with Crippen molar-refractivity contribution >= 4 is 34.8 Å². The second-order valence-corrected chi connectivity index (χ2v) is 6.26. The number of benzene rings is 2. The third kappa shape index (κ3) is 3.49. The molecule has 20 heavy (non-hydrogen) atoms. The molecule has 2 rings (SSSR count). The SMILES string of the molecule is CCC(C)c1ccc(C(Cl)c2ccc(Cl)c(Cl)c2)cc1. The lowest BCUT2D eigenvalue weighted by molar-refractivity contribution is 0.733. The largest absolute Gasteiger partial charge is 0.113 e. The maximum Gasteiger partial charge on any atom is 0.0835 e. The van der Waals surface area contributed by atoms with Crippen LogP contribution in [-0.4, -0.2) is 0 Å². The molecule has 0 fully saturated rings. The lowest BCUT2D eigenvalue weighted by Crippen LogP contribution is -1.96. The Morgan fingerprint density at radius 3 is 1.95 bits per heavy atom. The van der Waals surface area contributed by atoms with Crippen LogP contribution >= 0.6 is 34.8 Å². The lowest BCUT2D eigenvalue weighted by Gasteiger charge is -2.14. The minimum absolute atomic E-state index is 0.212. The fraction of sp³-hybridized carbons (Fsp3) is 0.294. The highest BCUT2D eigenvalue weighted by Crippen LogP contribution is 2.33. The smallest absolute Gasteiger partial charge is 0.0835 e. The van der Waals surface area contributed by atoms with Crippen LogP contribution in [0, 0.1) is 0 Å². The summed E-state index contributed by atoms with van der Waals surface area (Å²) in [5.74, 6) is 0.572. The van der Waals surface area contributed by atoms with Gasteiger partial charge in [0.25, 0.3) is 0 Å². The quantitative estimate of drug-likeness (QED) is 0.539. The molecule has 0 saturated carbocycles. The zero-order chi connectivity index (χ0) is 14.7. The molecule has 0 bridgehead atoms. The van der Waals surface area contributed by atoms with Crippen molar-refractivity contribution < 1.29 is 0 Å². The summed E-state index contributed by atoms with van der Waals surface area (Å²) in [6, 6.07) is 14.0. The van der Waals surface area contributed by atoms with Gasteiger partial charge in [0.1, 0.15) is 0 Å². The van der Waals surface area contributed by atoms with Gasteiger partial charge in [0.2, 0.25) is 0 Å². The summed E-state index contributed by atoms with van der Waals surface area (Å²) in [4.78, 5) is 0. The molecule has 2 aromatic rings. The van der Waals surface area contributed by atoms with E-state index in [1.165, 1.54) is 5.56 Å². The van der Waals surface area contributed by atoms with Gasteiger partial charge in [-0.25, -0.2) is 0 Å². The zero-order valence-corrected chi connectivity index (χ0v) is 13.8. The third-order valence-corrected chi connectivity index (χ3v) is 4.89. The first-order chi connectivity index (χ1) is 9.52. The van der Waals surface area contributed by atoms with E-state index in [0.29, 0.717) is 16.0 Å². The molecule has 0 N–H and O–H groups in total. The summed E-state index contributed by atoms with van der Waals surface area (Å²) >= 11 is 18.5. The Morgan fingerprint density at radius 1 is 0.850 bits per heavy atom. The normalized spacial score (nSPS) is 14.1. The van der Waals surface area contributed by atoms with Crippen molar-refractivity contribution in [2.24, 2.45) is 0 Å². The van der Waals surface area contributed by atoms with Gasteiger partial charge in [-0.2, -0.15) is 0 Å². The van der Waals surface area contributed by atoms with Crippen LogP contribution in [0.1, 0.15) is 48.3 Å². The van der Waals surface area contributed by atoms with Crippen LogP contribution in [-0.2, 0) is 0 Å². The van der Waals surface area contributed by atoms with Crippen LogP contribution in [0.5, 0.6) is 0 Å². The molecule has 0 saturated heterocycles. The van der Waals surface area contributed by atoms with Crippen LogP contribution in [0.25, 0.3) is 0 Å². The molecule has 0 aliphatic carbocycles. The topological polar surface area (TPSA) is 0 Å². The minimum Gasteiger partial charge on any atom is -0.113 e. The molecule has 106 valence electrons. The van der Waals surface area contributed by atoms with E-state index in [1.54, 1.807) is 6.07 Å². The lowest BCUT2D eigenvalue weighted by atomic mass is 9.96. The van der Waals surface area contributed by atoms with Crippen LogP contribution in [0.4, 0.5) is 0 Å². The molecule has 3 heteroatoms. The van der Waals surface area contributed by atoms with E-state index in [1.807, 2.05) is 12.1 Å². The van der Waals surface area contributed by atoms with Gasteiger partial charge in [0, 0.05) is 0 Å². The highest BCUT2D eigenvalue weighted by Gasteiger charge is 2.13. The molecule has 0 aliphatic rings. The molecular formula is C17H17Cl3. The van der Waals surface area contributed by atoms with E-state index < -0.39 is 0 Å². The standard InChI is InChI=1S/C17H17Cl3/c1-3-11(2)12-4-6-13(7-5-12)17(20)14-8-9-15(18)16(19)10-14/h4-11,17H,3H2,1-2H3. The molecule has 0 aromatic heterocycles. The van der Waals surface area contributed by atoms with E-state index >= 15 is 0 Å². The van der Waals surface area contributed by atoms with Gasteiger partial charge in [-0.1, -0.05) is 67.4 Å². The second kappa shape index (κ2) is 6.85.